The van der Waals surface area contributed by atoms with Crippen molar-refractivity contribution in [3.8, 4) is 17.0 Å². The molecule has 0 saturated heterocycles. The first kappa shape index (κ1) is 13.4. The average Bonchev–Trinajstić information content (AvgIpc) is 3.19. The SMILES string of the molecule is COc1cccc(-c2csc(N/N=C/c3ccco3)n2)c1. The average molecular weight is 299 g/mol. The van der Waals surface area contributed by atoms with E-state index in [1.54, 1.807) is 19.6 Å². The van der Waals surface area contributed by atoms with Crippen molar-refractivity contribution in [1.29, 1.82) is 0 Å². The molecule has 3 rings (SSSR count). The Balaban J connectivity index is 1.71. The minimum Gasteiger partial charge on any atom is -0.497 e. The highest BCUT2D eigenvalue weighted by molar-refractivity contribution is 7.14. The molecule has 6 heteroatoms. The molecular weight excluding hydrogens is 286 g/mol. The van der Waals surface area contributed by atoms with Crippen LogP contribution in [0.2, 0.25) is 0 Å². The van der Waals surface area contributed by atoms with Crippen LogP contribution in [0.3, 0.4) is 0 Å². The van der Waals surface area contributed by atoms with Gasteiger partial charge in [0, 0.05) is 10.9 Å². The predicted molar refractivity (Wildman–Crippen MR) is 84.0 cm³/mol. The summed E-state index contributed by atoms with van der Waals surface area (Å²) in [7, 11) is 1.65. The summed E-state index contributed by atoms with van der Waals surface area (Å²) in [5.41, 5.74) is 4.78. The summed E-state index contributed by atoms with van der Waals surface area (Å²) in [5, 5.41) is 6.77. The number of hydrogen-bond acceptors (Lipinski definition) is 6. The number of hydrogen-bond donors (Lipinski definition) is 1. The zero-order valence-electron chi connectivity index (χ0n) is 11.3. The normalized spacial score (nSPS) is 10.9. The van der Waals surface area contributed by atoms with Crippen molar-refractivity contribution >= 4 is 22.7 Å². The summed E-state index contributed by atoms with van der Waals surface area (Å²) in [6.07, 6.45) is 3.21. The number of methoxy groups -OCH3 is 1. The molecule has 0 saturated carbocycles. The van der Waals surface area contributed by atoms with Crippen molar-refractivity contribution in [2.75, 3.05) is 12.5 Å². The van der Waals surface area contributed by atoms with Crippen molar-refractivity contribution in [3.05, 3.63) is 53.8 Å². The summed E-state index contributed by atoms with van der Waals surface area (Å²) in [4.78, 5) is 4.48. The molecule has 21 heavy (non-hydrogen) atoms. The van der Waals surface area contributed by atoms with Gasteiger partial charge in [-0.3, -0.25) is 5.43 Å². The topological polar surface area (TPSA) is 59.6 Å². The van der Waals surface area contributed by atoms with Crippen LogP contribution in [0.25, 0.3) is 11.3 Å². The second-order valence-electron chi connectivity index (χ2n) is 4.16. The largest absolute Gasteiger partial charge is 0.497 e. The van der Waals surface area contributed by atoms with E-state index in [9.17, 15) is 0 Å². The lowest BCUT2D eigenvalue weighted by molar-refractivity contribution is 0.415. The van der Waals surface area contributed by atoms with Gasteiger partial charge in [0.05, 0.1) is 25.3 Å². The van der Waals surface area contributed by atoms with Crippen LogP contribution in [0.5, 0.6) is 5.75 Å². The lowest BCUT2D eigenvalue weighted by atomic mass is 10.2. The molecular formula is C15H13N3O2S. The second kappa shape index (κ2) is 6.23. The Morgan fingerprint density at radius 1 is 1.33 bits per heavy atom. The molecule has 0 fully saturated rings. The minimum absolute atomic E-state index is 0.687. The number of furan rings is 1. The first-order chi connectivity index (χ1) is 10.3. The van der Waals surface area contributed by atoms with Crippen LogP contribution >= 0.6 is 11.3 Å². The maximum atomic E-state index is 5.22. The number of aromatic nitrogens is 1. The molecule has 1 aromatic carbocycles. The van der Waals surface area contributed by atoms with Crippen molar-refractivity contribution < 1.29 is 9.15 Å². The predicted octanol–water partition coefficient (Wildman–Crippen LogP) is 3.86. The van der Waals surface area contributed by atoms with Crippen molar-refractivity contribution in [2.45, 2.75) is 0 Å². The Kier molecular flexibility index (Phi) is 3.97. The summed E-state index contributed by atoms with van der Waals surface area (Å²) >= 11 is 1.49. The van der Waals surface area contributed by atoms with Gasteiger partial charge in [-0.2, -0.15) is 5.10 Å². The molecule has 0 radical (unpaired) electrons. The van der Waals surface area contributed by atoms with Gasteiger partial charge in [-0.25, -0.2) is 4.98 Å². The van der Waals surface area contributed by atoms with E-state index in [4.69, 9.17) is 9.15 Å². The van der Waals surface area contributed by atoms with Crippen LogP contribution in [-0.2, 0) is 0 Å². The van der Waals surface area contributed by atoms with Gasteiger partial charge in [0.1, 0.15) is 11.5 Å². The van der Waals surface area contributed by atoms with E-state index in [-0.39, 0.29) is 0 Å². The van der Waals surface area contributed by atoms with E-state index < -0.39 is 0 Å². The molecule has 0 unspecified atom stereocenters. The molecule has 0 aliphatic heterocycles. The fourth-order valence-electron chi connectivity index (χ4n) is 1.76. The Morgan fingerprint density at radius 3 is 3.10 bits per heavy atom. The lowest BCUT2D eigenvalue weighted by Crippen LogP contribution is -1.89. The molecule has 0 bridgehead atoms. The van der Waals surface area contributed by atoms with Crippen molar-refractivity contribution in [1.82, 2.24) is 4.98 Å². The molecule has 5 nitrogen and oxygen atoms in total. The molecule has 0 aliphatic carbocycles. The zero-order chi connectivity index (χ0) is 14.5. The second-order valence-corrected chi connectivity index (χ2v) is 5.01. The van der Waals surface area contributed by atoms with Crippen LogP contribution in [0.15, 0.2) is 57.6 Å². The molecule has 3 aromatic rings. The Hall–Kier alpha value is -2.60. The smallest absolute Gasteiger partial charge is 0.203 e. The fraction of sp³-hybridized carbons (Fsp3) is 0.0667. The first-order valence-corrected chi connectivity index (χ1v) is 7.15. The molecule has 0 atom stereocenters. The number of anilines is 1. The van der Waals surface area contributed by atoms with Gasteiger partial charge >= 0.3 is 0 Å². The molecule has 2 aromatic heterocycles. The number of ether oxygens (including phenoxy) is 1. The molecule has 0 spiro atoms. The van der Waals surface area contributed by atoms with E-state index in [0.29, 0.717) is 5.76 Å². The summed E-state index contributed by atoms with van der Waals surface area (Å²) in [5.74, 6) is 1.50. The van der Waals surface area contributed by atoms with Gasteiger partial charge < -0.3 is 9.15 Å². The summed E-state index contributed by atoms with van der Waals surface area (Å²) in [6, 6.07) is 11.4. The van der Waals surface area contributed by atoms with E-state index in [1.165, 1.54) is 11.3 Å². The van der Waals surface area contributed by atoms with E-state index in [2.05, 4.69) is 15.5 Å². The standard InChI is InChI=1S/C15H13N3O2S/c1-19-12-5-2-4-11(8-12)14-10-21-15(17-14)18-16-9-13-6-3-7-20-13/h2-10H,1H3,(H,17,18)/b16-9+. The molecule has 106 valence electrons. The third-order valence-corrected chi connectivity index (χ3v) is 3.51. The number of thiazole rings is 1. The molecule has 0 amide bonds. The first-order valence-electron chi connectivity index (χ1n) is 6.28. The lowest BCUT2D eigenvalue weighted by Gasteiger charge is -2.01. The monoisotopic (exact) mass is 299 g/mol. The maximum absolute atomic E-state index is 5.22. The van der Waals surface area contributed by atoms with E-state index in [0.717, 1.165) is 22.1 Å². The Morgan fingerprint density at radius 2 is 2.29 bits per heavy atom. The van der Waals surface area contributed by atoms with Gasteiger partial charge in [0.25, 0.3) is 0 Å². The summed E-state index contributed by atoms with van der Waals surface area (Å²) < 4.78 is 10.4. The third-order valence-electron chi connectivity index (χ3n) is 2.76. The Labute approximate surface area is 125 Å². The van der Waals surface area contributed by atoms with Gasteiger partial charge in [-0.05, 0) is 24.3 Å². The highest BCUT2D eigenvalue weighted by Crippen LogP contribution is 2.27. The quantitative estimate of drug-likeness (QED) is 0.574. The van der Waals surface area contributed by atoms with E-state index in [1.807, 2.05) is 41.8 Å². The van der Waals surface area contributed by atoms with E-state index >= 15 is 0 Å². The van der Waals surface area contributed by atoms with Crippen molar-refractivity contribution in [3.63, 3.8) is 0 Å². The molecule has 1 N–H and O–H groups in total. The maximum Gasteiger partial charge on any atom is 0.203 e. The third kappa shape index (κ3) is 3.29. The van der Waals surface area contributed by atoms with Gasteiger partial charge in [-0.1, -0.05) is 12.1 Å². The number of rotatable bonds is 5. The fourth-order valence-corrected chi connectivity index (χ4v) is 2.42. The van der Waals surface area contributed by atoms with Gasteiger partial charge in [0.2, 0.25) is 5.13 Å². The summed E-state index contributed by atoms with van der Waals surface area (Å²) in [6.45, 7) is 0. The molecule has 0 aliphatic rings. The number of benzene rings is 1. The van der Waals surface area contributed by atoms with Crippen molar-refractivity contribution in [2.24, 2.45) is 5.10 Å². The van der Waals surface area contributed by atoms with Gasteiger partial charge in [0.15, 0.2) is 0 Å². The minimum atomic E-state index is 0.687. The van der Waals surface area contributed by atoms with Crippen LogP contribution in [0, 0.1) is 0 Å². The number of nitrogens with one attached hydrogen (secondary N) is 1. The van der Waals surface area contributed by atoms with Crippen LogP contribution < -0.4 is 10.2 Å². The van der Waals surface area contributed by atoms with Gasteiger partial charge in [-0.15, -0.1) is 11.3 Å². The molecule has 2 heterocycles. The highest BCUT2D eigenvalue weighted by Gasteiger charge is 2.05. The van der Waals surface area contributed by atoms with Crippen LogP contribution in [-0.4, -0.2) is 18.3 Å². The number of hydrazone groups is 1. The zero-order valence-corrected chi connectivity index (χ0v) is 12.1. The highest BCUT2D eigenvalue weighted by atomic mass is 32.1. The number of nitrogens with zero attached hydrogens (tertiary/aromatic N) is 2. The Bertz CT molecular complexity index is 735. The van der Waals surface area contributed by atoms with Crippen LogP contribution in [0.1, 0.15) is 5.76 Å². The van der Waals surface area contributed by atoms with Crippen LogP contribution in [0.4, 0.5) is 5.13 Å².